The minimum absolute atomic E-state index is 0.140. The molecule has 3 aliphatic rings. The van der Waals surface area contributed by atoms with Gasteiger partial charge in [0.05, 0.1) is 5.69 Å². The molecule has 2 fully saturated rings. The van der Waals surface area contributed by atoms with Gasteiger partial charge < -0.3 is 10.6 Å². The van der Waals surface area contributed by atoms with E-state index < -0.39 is 17.4 Å². The summed E-state index contributed by atoms with van der Waals surface area (Å²) < 4.78 is 0. The molecule has 0 bridgehead atoms. The van der Waals surface area contributed by atoms with Crippen molar-refractivity contribution in [3.8, 4) is 0 Å². The lowest BCUT2D eigenvalue weighted by Crippen LogP contribution is -2.99. The topological polar surface area (TPSA) is 83.1 Å². The molecule has 3 aliphatic heterocycles. The van der Waals surface area contributed by atoms with E-state index in [1.165, 1.54) is 4.90 Å². The van der Waals surface area contributed by atoms with Crippen molar-refractivity contribution >= 4 is 35.0 Å². The van der Waals surface area contributed by atoms with Crippen LogP contribution in [-0.2, 0) is 19.9 Å². The number of hydrogen-bond acceptors (Lipinski definition) is 3. The van der Waals surface area contributed by atoms with Gasteiger partial charge in [0.1, 0.15) is 17.9 Å². The van der Waals surface area contributed by atoms with Crippen LogP contribution >= 0.6 is 11.6 Å². The number of imide groups is 1. The Balaban J connectivity index is 1.92. The first-order valence-corrected chi connectivity index (χ1v) is 9.96. The van der Waals surface area contributed by atoms with Crippen molar-refractivity contribution in [2.24, 2.45) is 17.8 Å². The molecule has 0 saturated carbocycles. The fraction of sp³-hybridized carbons (Fsp3) is 0.550. The number of rotatable bonds is 3. The molecule has 0 aromatic heterocycles. The fourth-order valence-corrected chi connectivity index (χ4v) is 5.28. The number of nitrogens with zero attached hydrogens (tertiary/aromatic N) is 1. The quantitative estimate of drug-likeness (QED) is 0.767. The zero-order valence-electron chi connectivity index (χ0n) is 16.0. The van der Waals surface area contributed by atoms with Crippen LogP contribution in [0.3, 0.4) is 0 Å². The molecule has 1 aromatic rings. The summed E-state index contributed by atoms with van der Waals surface area (Å²) >= 11 is 6.23. The van der Waals surface area contributed by atoms with Crippen LogP contribution in [0.1, 0.15) is 39.7 Å². The van der Waals surface area contributed by atoms with Gasteiger partial charge in [0, 0.05) is 22.5 Å². The van der Waals surface area contributed by atoms with Crippen LogP contribution in [0.4, 0.5) is 5.69 Å². The number of amides is 3. The summed E-state index contributed by atoms with van der Waals surface area (Å²) in [7, 11) is 0. The Kier molecular flexibility index (Phi) is 4.13. The lowest BCUT2D eigenvalue weighted by molar-refractivity contribution is -0.738. The number of benzene rings is 1. The monoisotopic (exact) mass is 390 g/mol. The fourth-order valence-electron chi connectivity index (χ4n) is 5.11. The highest BCUT2D eigenvalue weighted by Crippen LogP contribution is 2.50. The van der Waals surface area contributed by atoms with Gasteiger partial charge in [0.2, 0.25) is 17.4 Å². The number of carbonyl (C=O) groups is 3. The molecular formula is C20H25ClN3O3+. The maximum Gasteiger partial charge on any atom is 0.291 e. The average Bonchev–Trinajstić information content (AvgIpc) is 3.20. The number of nitrogens with one attached hydrogen (secondary N) is 1. The lowest BCUT2D eigenvalue weighted by atomic mass is 9.76. The smallest absolute Gasteiger partial charge is 0.291 e. The zero-order chi connectivity index (χ0) is 19.7. The maximum absolute atomic E-state index is 13.4. The summed E-state index contributed by atoms with van der Waals surface area (Å²) in [6.45, 7) is 7.91. The minimum atomic E-state index is -1.13. The molecule has 6 nitrogen and oxygen atoms in total. The molecule has 1 aromatic carbocycles. The van der Waals surface area contributed by atoms with Gasteiger partial charge in [-0.3, -0.25) is 19.3 Å². The van der Waals surface area contributed by atoms with Crippen molar-refractivity contribution in [1.82, 2.24) is 4.90 Å². The summed E-state index contributed by atoms with van der Waals surface area (Å²) in [4.78, 5) is 41.3. The Morgan fingerprint density at radius 1 is 1.22 bits per heavy atom. The van der Waals surface area contributed by atoms with E-state index in [4.69, 9.17) is 11.6 Å². The Morgan fingerprint density at radius 2 is 1.93 bits per heavy atom. The lowest BCUT2D eigenvalue weighted by Gasteiger charge is -2.29. The van der Waals surface area contributed by atoms with Gasteiger partial charge in [-0.15, -0.1) is 0 Å². The molecule has 144 valence electrons. The highest BCUT2D eigenvalue weighted by Gasteiger charge is 2.74. The minimum Gasteiger partial charge on any atom is -0.326 e. The van der Waals surface area contributed by atoms with Gasteiger partial charge in [0.25, 0.3) is 5.91 Å². The molecule has 0 radical (unpaired) electrons. The average molecular weight is 391 g/mol. The first-order valence-electron chi connectivity index (χ1n) is 9.58. The van der Waals surface area contributed by atoms with Gasteiger partial charge in [0.15, 0.2) is 0 Å². The number of anilines is 1. The Hall–Kier alpha value is -1.92. The van der Waals surface area contributed by atoms with Gasteiger partial charge in [-0.25, -0.2) is 0 Å². The van der Waals surface area contributed by atoms with E-state index in [9.17, 15) is 14.4 Å². The normalized spacial score (nSPS) is 33.0. The molecule has 1 spiro atoms. The summed E-state index contributed by atoms with van der Waals surface area (Å²) in [6, 6.07) is 4.93. The van der Waals surface area contributed by atoms with Crippen LogP contribution in [0, 0.1) is 17.8 Å². The van der Waals surface area contributed by atoms with Gasteiger partial charge in [-0.1, -0.05) is 32.4 Å². The molecule has 0 aliphatic carbocycles. The zero-order valence-corrected chi connectivity index (χ0v) is 16.7. The van der Waals surface area contributed by atoms with E-state index in [1.54, 1.807) is 18.2 Å². The number of quaternary nitrogens is 1. The van der Waals surface area contributed by atoms with Crippen LogP contribution in [-0.4, -0.2) is 34.7 Å². The molecule has 4 rings (SSSR count). The van der Waals surface area contributed by atoms with Crippen LogP contribution in [0.15, 0.2) is 18.2 Å². The molecule has 3 amide bonds. The van der Waals surface area contributed by atoms with E-state index in [0.717, 1.165) is 0 Å². The molecular weight excluding hydrogens is 366 g/mol. The Morgan fingerprint density at radius 3 is 2.56 bits per heavy atom. The van der Waals surface area contributed by atoms with E-state index in [2.05, 4.69) is 5.32 Å². The number of nitrogens with two attached hydrogens (primary N) is 1. The molecule has 3 heterocycles. The van der Waals surface area contributed by atoms with Crippen molar-refractivity contribution in [2.45, 2.75) is 51.7 Å². The molecule has 27 heavy (non-hydrogen) atoms. The van der Waals surface area contributed by atoms with Crippen LogP contribution in [0.25, 0.3) is 0 Å². The summed E-state index contributed by atoms with van der Waals surface area (Å²) in [5.41, 5.74) is 0.255. The predicted molar refractivity (Wildman–Crippen MR) is 101 cm³/mol. The van der Waals surface area contributed by atoms with Crippen molar-refractivity contribution in [1.29, 1.82) is 0 Å². The third kappa shape index (κ3) is 2.26. The number of halogens is 1. The highest BCUT2D eigenvalue weighted by atomic mass is 35.5. The predicted octanol–water partition coefficient (Wildman–Crippen LogP) is 1.49. The van der Waals surface area contributed by atoms with Gasteiger partial charge in [-0.2, -0.15) is 0 Å². The summed E-state index contributed by atoms with van der Waals surface area (Å²) in [6.07, 6.45) is 0.689. The van der Waals surface area contributed by atoms with Gasteiger partial charge >= 0.3 is 0 Å². The van der Waals surface area contributed by atoms with E-state index in [-0.39, 0.29) is 35.7 Å². The molecule has 5 atom stereocenters. The largest absolute Gasteiger partial charge is 0.326 e. The first kappa shape index (κ1) is 18.4. The third-order valence-electron chi connectivity index (χ3n) is 6.60. The number of hydrogen-bond donors (Lipinski definition) is 2. The molecule has 0 unspecified atom stereocenters. The standard InChI is InChI=1S/C20H24ClN3O3/c1-5-10(4)24-17(25)14-15(18(24)26)20(23-16(14)9(2)3)12-8-11(21)6-7-13(12)22-19(20)27/h6-10,14-16,23H,5H2,1-4H3,(H,22,27)/p+1/t10-,14+,15+,16+,20+/m1/s1. The highest BCUT2D eigenvalue weighted by molar-refractivity contribution is 6.31. The maximum atomic E-state index is 13.4. The van der Waals surface area contributed by atoms with E-state index in [0.29, 0.717) is 22.7 Å². The second-order valence-electron chi connectivity index (χ2n) is 8.31. The van der Waals surface area contributed by atoms with Crippen molar-refractivity contribution in [3.63, 3.8) is 0 Å². The van der Waals surface area contributed by atoms with Crippen molar-refractivity contribution < 1.29 is 19.7 Å². The van der Waals surface area contributed by atoms with Crippen LogP contribution in [0.2, 0.25) is 5.02 Å². The second kappa shape index (κ2) is 6.04. The summed E-state index contributed by atoms with van der Waals surface area (Å²) in [5.74, 6) is -1.67. The van der Waals surface area contributed by atoms with Crippen LogP contribution in [0.5, 0.6) is 0 Å². The molecule has 3 N–H and O–H groups in total. The number of likely N-dealkylation sites (tertiary alicyclic amines) is 1. The van der Waals surface area contributed by atoms with Crippen molar-refractivity contribution in [3.05, 3.63) is 28.8 Å². The number of carbonyl (C=O) groups excluding carboxylic acids is 3. The first-order chi connectivity index (χ1) is 12.7. The van der Waals surface area contributed by atoms with E-state index >= 15 is 0 Å². The summed E-state index contributed by atoms with van der Waals surface area (Å²) in [5, 5.41) is 5.38. The number of fused-ring (bicyclic) bond motifs is 4. The van der Waals surface area contributed by atoms with Gasteiger partial charge in [-0.05, 0) is 31.5 Å². The van der Waals surface area contributed by atoms with Crippen molar-refractivity contribution in [2.75, 3.05) is 5.32 Å². The molecule has 2 saturated heterocycles. The Bertz CT molecular complexity index is 855. The second-order valence-corrected chi connectivity index (χ2v) is 8.74. The van der Waals surface area contributed by atoms with E-state index in [1.807, 2.05) is 33.0 Å². The SMILES string of the molecule is CC[C@@H](C)N1C(=O)[C@H]2[C@@H](C1=O)[C@]1([NH2+][C@H]2C(C)C)C(=O)Nc2ccc(Cl)cc21. The van der Waals surface area contributed by atoms with Crippen LogP contribution < -0.4 is 10.6 Å². The third-order valence-corrected chi connectivity index (χ3v) is 6.83. The Labute approximate surface area is 163 Å². The molecule has 7 heteroatoms.